The maximum Gasteiger partial charge on any atom is 0.319 e. The minimum Gasteiger partial charge on any atom is -0.466 e. The molecule has 1 aromatic carbocycles. The Bertz CT molecular complexity index is 601. The summed E-state index contributed by atoms with van der Waals surface area (Å²) >= 11 is 0. The van der Waals surface area contributed by atoms with Crippen LogP contribution >= 0.6 is 0 Å². The molecule has 0 atom stereocenters. The monoisotopic (exact) mass is 347 g/mol. The number of ether oxygens (including phenoxy) is 1. The van der Waals surface area contributed by atoms with Crippen molar-refractivity contribution >= 4 is 23.6 Å². The molecule has 1 aromatic rings. The number of rotatable bonds is 7. The summed E-state index contributed by atoms with van der Waals surface area (Å²) in [4.78, 5) is 36.8. The van der Waals surface area contributed by atoms with Crippen molar-refractivity contribution in [2.75, 3.05) is 31.6 Å². The lowest BCUT2D eigenvalue weighted by molar-refractivity contribution is -0.142. The van der Waals surface area contributed by atoms with Gasteiger partial charge in [-0.3, -0.25) is 9.59 Å². The Hall–Kier alpha value is -2.57. The van der Waals surface area contributed by atoms with Crippen LogP contribution in [0.25, 0.3) is 0 Å². The molecule has 0 aliphatic carbocycles. The van der Waals surface area contributed by atoms with Gasteiger partial charge < -0.3 is 20.3 Å². The zero-order chi connectivity index (χ0) is 18.1. The van der Waals surface area contributed by atoms with E-state index in [0.717, 1.165) is 24.9 Å². The summed E-state index contributed by atoms with van der Waals surface area (Å²) in [6.07, 6.45) is 2.79. The van der Waals surface area contributed by atoms with Crippen LogP contribution < -0.4 is 10.6 Å². The van der Waals surface area contributed by atoms with Gasteiger partial charge in [0.25, 0.3) is 0 Å². The van der Waals surface area contributed by atoms with Crippen LogP contribution in [0.3, 0.4) is 0 Å². The molecular weight excluding hydrogens is 322 g/mol. The van der Waals surface area contributed by atoms with E-state index in [-0.39, 0.29) is 24.3 Å². The fourth-order valence-corrected chi connectivity index (χ4v) is 2.66. The highest BCUT2D eigenvalue weighted by Gasteiger charge is 2.17. The number of anilines is 1. The van der Waals surface area contributed by atoms with Crippen LogP contribution in [0.1, 0.15) is 31.7 Å². The molecule has 1 heterocycles. The van der Waals surface area contributed by atoms with Crippen LogP contribution in [0.4, 0.5) is 10.5 Å². The van der Waals surface area contributed by atoms with Crippen molar-refractivity contribution in [2.24, 2.45) is 0 Å². The molecule has 1 aliphatic heterocycles. The first-order valence-electron chi connectivity index (χ1n) is 8.65. The van der Waals surface area contributed by atoms with E-state index >= 15 is 0 Å². The number of hydrogen-bond donors (Lipinski definition) is 2. The first kappa shape index (κ1) is 18.8. The highest BCUT2D eigenvalue weighted by atomic mass is 16.5. The van der Waals surface area contributed by atoms with Crippen molar-refractivity contribution in [2.45, 2.75) is 32.6 Å². The van der Waals surface area contributed by atoms with Gasteiger partial charge >= 0.3 is 12.0 Å². The Kier molecular flexibility index (Phi) is 7.25. The summed E-state index contributed by atoms with van der Waals surface area (Å²) in [5.41, 5.74) is 1.46. The van der Waals surface area contributed by atoms with Gasteiger partial charge in [0.15, 0.2) is 0 Å². The van der Waals surface area contributed by atoms with Crippen LogP contribution in [0.15, 0.2) is 24.3 Å². The lowest BCUT2D eigenvalue weighted by Crippen LogP contribution is -2.41. The Morgan fingerprint density at radius 3 is 2.64 bits per heavy atom. The first-order valence-corrected chi connectivity index (χ1v) is 8.65. The highest BCUT2D eigenvalue weighted by Crippen LogP contribution is 2.11. The molecular formula is C18H25N3O4. The molecule has 25 heavy (non-hydrogen) atoms. The third-order valence-electron chi connectivity index (χ3n) is 3.95. The molecule has 3 amide bonds. The first-order chi connectivity index (χ1) is 12.1. The zero-order valence-corrected chi connectivity index (χ0v) is 14.5. The molecule has 7 nitrogen and oxygen atoms in total. The van der Waals surface area contributed by atoms with E-state index in [1.165, 1.54) is 0 Å². The van der Waals surface area contributed by atoms with E-state index in [0.29, 0.717) is 31.8 Å². The fourth-order valence-electron chi connectivity index (χ4n) is 2.66. The number of esters is 1. The number of benzene rings is 1. The number of nitrogens with zero attached hydrogens (tertiary/aromatic N) is 1. The van der Waals surface area contributed by atoms with Gasteiger partial charge in [-0.15, -0.1) is 0 Å². The normalized spacial score (nSPS) is 14.1. The Balaban J connectivity index is 1.71. The summed E-state index contributed by atoms with van der Waals surface area (Å²) in [5.74, 6) is -0.112. The standard InChI is InChI=1S/C18H25N3O4/c1-2-25-17(23)13-14-6-8-15(9-7-14)20-18(24)19-10-12-21-11-4-3-5-16(21)22/h6-9H,2-5,10-13H2,1H3,(H2,19,20,24). The van der Waals surface area contributed by atoms with Crippen molar-refractivity contribution in [3.05, 3.63) is 29.8 Å². The van der Waals surface area contributed by atoms with Crippen molar-refractivity contribution < 1.29 is 19.1 Å². The van der Waals surface area contributed by atoms with Gasteiger partial charge in [-0.05, 0) is 37.5 Å². The lowest BCUT2D eigenvalue weighted by Gasteiger charge is -2.26. The van der Waals surface area contributed by atoms with Gasteiger partial charge in [0.2, 0.25) is 5.91 Å². The summed E-state index contributed by atoms with van der Waals surface area (Å²) in [7, 11) is 0. The van der Waals surface area contributed by atoms with E-state index in [4.69, 9.17) is 4.74 Å². The molecule has 0 bridgehead atoms. The lowest BCUT2D eigenvalue weighted by atomic mass is 10.1. The maximum atomic E-state index is 11.9. The van der Waals surface area contributed by atoms with Gasteiger partial charge in [-0.1, -0.05) is 12.1 Å². The summed E-state index contributed by atoms with van der Waals surface area (Å²) < 4.78 is 4.90. The van der Waals surface area contributed by atoms with E-state index in [1.807, 2.05) is 0 Å². The van der Waals surface area contributed by atoms with Crippen LogP contribution in [-0.4, -0.2) is 49.0 Å². The minimum absolute atomic E-state index is 0.158. The third kappa shape index (κ3) is 6.45. The third-order valence-corrected chi connectivity index (χ3v) is 3.95. The predicted octanol–water partition coefficient (Wildman–Crippen LogP) is 1.93. The van der Waals surface area contributed by atoms with E-state index in [1.54, 1.807) is 36.1 Å². The number of hydrogen-bond acceptors (Lipinski definition) is 4. The molecule has 0 radical (unpaired) electrons. The largest absolute Gasteiger partial charge is 0.466 e. The number of carbonyl (C=O) groups is 3. The summed E-state index contributed by atoms with van der Waals surface area (Å²) in [6, 6.07) is 6.71. The van der Waals surface area contributed by atoms with Crippen LogP contribution in [0.5, 0.6) is 0 Å². The van der Waals surface area contributed by atoms with Crippen molar-refractivity contribution in [3.63, 3.8) is 0 Å². The molecule has 0 aromatic heterocycles. The van der Waals surface area contributed by atoms with Crippen molar-refractivity contribution in [1.82, 2.24) is 10.2 Å². The average molecular weight is 347 g/mol. The van der Waals surface area contributed by atoms with Gasteiger partial charge in [0.05, 0.1) is 13.0 Å². The van der Waals surface area contributed by atoms with Crippen molar-refractivity contribution in [3.8, 4) is 0 Å². The van der Waals surface area contributed by atoms with Gasteiger partial charge in [-0.25, -0.2) is 4.79 Å². The second kappa shape index (κ2) is 9.66. The molecule has 0 spiro atoms. The number of amides is 3. The highest BCUT2D eigenvalue weighted by molar-refractivity contribution is 5.89. The van der Waals surface area contributed by atoms with Crippen molar-refractivity contribution in [1.29, 1.82) is 0 Å². The molecule has 136 valence electrons. The summed E-state index contributed by atoms with van der Waals surface area (Å²) in [6.45, 7) is 3.85. The fraction of sp³-hybridized carbons (Fsp3) is 0.500. The molecule has 7 heteroatoms. The Labute approximate surface area is 147 Å². The molecule has 2 N–H and O–H groups in total. The van der Waals surface area contributed by atoms with E-state index in [9.17, 15) is 14.4 Å². The topological polar surface area (TPSA) is 87.7 Å². The zero-order valence-electron chi connectivity index (χ0n) is 14.5. The molecule has 0 unspecified atom stereocenters. The quantitative estimate of drug-likeness (QED) is 0.738. The molecule has 1 aliphatic rings. The number of piperidine rings is 1. The second-order valence-electron chi connectivity index (χ2n) is 5.90. The van der Waals surface area contributed by atoms with Crippen LogP contribution in [0.2, 0.25) is 0 Å². The number of carbonyl (C=O) groups excluding carboxylic acids is 3. The van der Waals surface area contributed by atoms with Crippen LogP contribution in [0, 0.1) is 0 Å². The molecule has 0 saturated carbocycles. The Morgan fingerprint density at radius 2 is 1.96 bits per heavy atom. The van der Waals surface area contributed by atoms with E-state index in [2.05, 4.69) is 10.6 Å². The van der Waals surface area contributed by atoms with E-state index < -0.39 is 0 Å². The smallest absolute Gasteiger partial charge is 0.319 e. The van der Waals surface area contributed by atoms with Crippen LogP contribution in [-0.2, 0) is 20.7 Å². The SMILES string of the molecule is CCOC(=O)Cc1ccc(NC(=O)NCCN2CCCCC2=O)cc1. The maximum absolute atomic E-state index is 11.9. The number of urea groups is 1. The molecule has 1 saturated heterocycles. The van der Waals surface area contributed by atoms with Gasteiger partial charge in [0.1, 0.15) is 0 Å². The Morgan fingerprint density at radius 1 is 1.20 bits per heavy atom. The molecule has 2 rings (SSSR count). The number of likely N-dealkylation sites (tertiary alicyclic amines) is 1. The summed E-state index contributed by atoms with van der Waals surface area (Å²) in [5, 5.41) is 5.47. The number of nitrogens with one attached hydrogen (secondary N) is 2. The van der Waals surface area contributed by atoms with Gasteiger partial charge in [0, 0.05) is 31.7 Å². The average Bonchev–Trinajstić information content (AvgIpc) is 2.58. The second-order valence-corrected chi connectivity index (χ2v) is 5.90. The van der Waals surface area contributed by atoms with Gasteiger partial charge in [-0.2, -0.15) is 0 Å². The predicted molar refractivity (Wildman–Crippen MR) is 94.2 cm³/mol. The molecule has 1 fully saturated rings. The minimum atomic E-state index is -0.317.